The summed E-state index contributed by atoms with van der Waals surface area (Å²) in [5.41, 5.74) is 1.39. The van der Waals surface area contributed by atoms with Gasteiger partial charge in [-0.15, -0.1) is 0 Å². The lowest BCUT2D eigenvalue weighted by Crippen LogP contribution is -2.15. The molecule has 0 saturated heterocycles. The number of rotatable bonds is 6. The van der Waals surface area contributed by atoms with E-state index < -0.39 is 9.84 Å². The van der Waals surface area contributed by atoms with E-state index in [2.05, 4.69) is 4.98 Å². The summed E-state index contributed by atoms with van der Waals surface area (Å²) >= 11 is 6.34. The number of hydrogen-bond acceptors (Lipinski definition) is 5. The predicted molar refractivity (Wildman–Crippen MR) is 125 cm³/mol. The van der Waals surface area contributed by atoms with Gasteiger partial charge in [0.1, 0.15) is 22.8 Å². The van der Waals surface area contributed by atoms with Gasteiger partial charge in [0.15, 0.2) is 9.84 Å². The van der Waals surface area contributed by atoms with Gasteiger partial charge in [-0.1, -0.05) is 18.5 Å². The largest absolute Gasteiger partial charge is 0.497 e. The molecule has 0 aliphatic carbocycles. The zero-order chi connectivity index (χ0) is 23.0. The number of H-pyrrole nitrogens is 1. The van der Waals surface area contributed by atoms with Crippen LogP contribution in [0, 0.1) is 0 Å². The van der Waals surface area contributed by atoms with E-state index in [1.54, 1.807) is 69.9 Å². The van der Waals surface area contributed by atoms with Crippen molar-refractivity contribution in [1.29, 1.82) is 0 Å². The first kappa shape index (κ1) is 22.0. The normalized spacial score (nSPS) is 11.6. The Labute approximate surface area is 190 Å². The summed E-state index contributed by atoms with van der Waals surface area (Å²) in [6.45, 7) is 1.59. The van der Waals surface area contributed by atoms with Crippen molar-refractivity contribution < 1.29 is 17.9 Å². The lowest BCUT2D eigenvalue weighted by atomic mass is 10.0. The van der Waals surface area contributed by atoms with Gasteiger partial charge in [0.2, 0.25) is 0 Å². The minimum Gasteiger partial charge on any atom is -0.497 e. The Balaban J connectivity index is 1.92. The second-order valence-corrected chi connectivity index (χ2v) is 9.87. The molecule has 0 atom stereocenters. The van der Waals surface area contributed by atoms with Crippen molar-refractivity contribution in [3.05, 3.63) is 70.2 Å². The molecule has 0 bridgehead atoms. The number of aryl methyl sites for hydroxylation is 1. The highest BCUT2D eigenvalue weighted by Crippen LogP contribution is 2.40. The van der Waals surface area contributed by atoms with Crippen LogP contribution < -0.4 is 15.0 Å². The van der Waals surface area contributed by atoms with Gasteiger partial charge in [-0.2, -0.15) is 0 Å². The number of aromatic nitrogens is 2. The SMILES string of the molecule is CCS(=O)(=O)c1ccc(Oc2ccc(OC)cc2Cl)c(-c2c[nH]c3c(=O)n(C)ccc23)c1. The Hall–Kier alpha value is -3.23. The highest BCUT2D eigenvalue weighted by Gasteiger charge is 2.20. The minimum absolute atomic E-state index is 0.0363. The summed E-state index contributed by atoms with van der Waals surface area (Å²) in [6, 6.07) is 11.5. The Kier molecular flexibility index (Phi) is 5.75. The van der Waals surface area contributed by atoms with Crippen LogP contribution in [-0.2, 0) is 16.9 Å². The zero-order valence-electron chi connectivity index (χ0n) is 17.7. The number of pyridine rings is 1. The number of hydrogen-bond donors (Lipinski definition) is 1. The Morgan fingerprint density at radius 3 is 2.50 bits per heavy atom. The first-order valence-corrected chi connectivity index (χ1v) is 11.8. The molecule has 0 radical (unpaired) electrons. The van der Waals surface area contributed by atoms with Crippen LogP contribution in [0.25, 0.3) is 22.0 Å². The molecule has 0 amide bonds. The lowest BCUT2D eigenvalue weighted by Gasteiger charge is -2.14. The van der Waals surface area contributed by atoms with Crippen LogP contribution in [0.3, 0.4) is 0 Å². The minimum atomic E-state index is -3.46. The number of nitrogens with zero attached hydrogens (tertiary/aromatic N) is 1. The van der Waals surface area contributed by atoms with Crippen molar-refractivity contribution in [2.45, 2.75) is 11.8 Å². The predicted octanol–water partition coefficient (Wildman–Crippen LogP) is 4.78. The molecule has 2 aromatic heterocycles. The first-order valence-electron chi connectivity index (χ1n) is 9.80. The van der Waals surface area contributed by atoms with E-state index in [0.717, 1.165) is 0 Å². The molecule has 2 aromatic carbocycles. The molecule has 9 heteroatoms. The second kappa shape index (κ2) is 8.37. The molecule has 0 saturated carbocycles. The van der Waals surface area contributed by atoms with E-state index in [0.29, 0.717) is 44.3 Å². The number of ether oxygens (including phenoxy) is 2. The van der Waals surface area contributed by atoms with Gasteiger partial charge in [-0.05, 0) is 36.4 Å². The highest BCUT2D eigenvalue weighted by atomic mass is 35.5. The van der Waals surface area contributed by atoms with Gasteiger partial charge in [0, 0.05) is 42.0 Å². The van der Waals surface area contributed by atoms with Crippen LogP contribution in [0.4, 0.5) is 0 Å². The Bertz CT molecular complexity index is 1490. The number of aromatic amines is 1. The second-order valence-electron chi connectivity index (χ2n) is 7.18. The summed E-state index contributed by atoms with van der Waals surface area (Å²) in [4.78, 5) is 15.7. The summed E-state index contributed by atoms with van der Waals surface area (Å²) in [6.07, 6.45) is 3.34. The summed E-state index contributed by atoms with van der Waals surface area (Å²) in [5.74, 6) is 1.33. The van der Waals surface area contributed by atoms with E-state index in [4.69, 9.17) is 21.1 Å². The zero-order valence-corrected chi connectivity index (χ0v) is 19.3. The summed E-state index contributed by atoms with van der Waals surface area (Å²) in [7, 11) is -0.257. The molecule has 166 valence electrons. The van der Waals surface area contributed by atoms with Crippen LogP contribution in [0.1, 0.15) is 6.92 Å². The third kappa shape index (κ3) is 3.87. The van der Waals surface area contributed by atoms with E-state index in [1.807, 2.05) is 0 Å². The van der Waals surface area contributed by atoms with Crippen LogP contribution in [0.15, 0.2) is 64.5 Å². The van der Waals surface area contributed by atoms with Crippen LogP contribution in [0.2, 0.25) is 5.02 Å². The number of halogens is 1. The van der Waals surface area contributed by atoms with E-state index in [-0.39, 0.29) is 16.2 Å². The molecule has 0 fully saturated rings. The topological polar surface area (TPSA) is 90.4 Å². The monoisotopic (exact) mass is 472 g/mol. The first-order chi connectivity index (χ1) is 15.2. The quantitative estimate of drug-likeness (QED) is 0.436. The molecule has 0 aliphatic rings. The van der Waals surface area contributed by atoms with Gasteiger partial charge in [0.05, 0.1) is 22.8 Å². The third-order valence-electron chi connectivity index (χ3n) is 5.26. The number of benzene rings is 2. The smallest absolute Gasteiger partial charge is 0.274 e. The molecule has 0 spiro atoms. The third-order valence-corrected chi connectivity index (χ3v) is 7.29. The molecule has 4 rings (SSSR count). The van der Waals surface area contributed by atoms with Crippen molar-refractivity contribution in [2.75, 3.05) is 12.9 Å². The molecule has 0 aliphatic heterocycles. The maximum Gasteiger partial charge on any atom is 0.274 e. The number of nitrogens with one attached hydrogen (secondary N) is 1. The summed E-state index contributed by atoms with van der Waals surface area (Å²) < 4.78 is 37.8. The Morgan fingerprint density at radius 1 is 1.06 bits per heavy atom. The van der Waals surface area contributed by atoms with Crippen molar-refractivity contribution in [2.24, 2.45) is 7.05 Å². The molecule has 0 unspecified atom stereocenters. The molecular weight excluding hydrogens is 452 g/mol. The van der Waals surface area contributed by atoms with Crippen molar-refractivity contribution in [3.63, 3.8) is 0 Å². The number of sulfone groups is 1. The van der Waals surface area contributed by atoms with Crippen LogP contribution in [-0.4, -0.2) is 30.8 Å². The van der Waals surface area contributed by atoms with Crippen LogP contribution >= 0.6 is 11.6 Å². The van der Waals surface area contributed by atoms with Gasteiger partial charge >= 0.3 is 0 Å². The lowest BCUT2D eigenvalue weighted by molar-refractivity contribution is 0.413. The van der Waals surface area contributed by atoms with Gasteiger partial charge in [-0.3, -0.25) is 4.79 Å². The molecule has 2 heterocycles. The van der Waals surface area contributed by atoms with E-state index >= 15 is 0 Å². The molecule has 7 nitrogen and oxygen atoms in total. The maximum absolute atomic E-state index is 12.5. The number of fused-ring (bicyclic) bond motifs is 1. The molecular formula is C23H21ClN2O5S. The van der Waals surface area contributed by atoms with Gasteiger partial charge in [0.25, 0.3) is 5.56 Å². The highest BCUT2D eigenvalue weighted by molar-refractivity contribution is 7.91. The molecule has 1 N–H and O–H groups in total. The summed E-state index contributed by atoms with van der Waals surface area (Å²) in [5, 5.41) is 0.998. The number of methoxy groups -OCH3 is 1. The Morgan fingerprint density at radius 2 is 1.81 bits per heavy atom. The fraction of sp³-hybridized carbons (Fsp3) is 0.174. The standard InChI is InChI=1S/C23H21ClN2O5S/c1-4-32(28,29)15-6-8-20(31-21-7-5-14(30-3)11-19(21)24)17(12-15)18-13-25-22-16(18)9-10-26(2)23(22)27/h5-13,25H,4H2,1-3H3. The average molecular weight is 473 g/mol. The fourth-order valence-corrected chi connectivity index (χ4v) is 4.53. The van der Waals surface area contributed by atoms with E-state index in [1.165, 1.54) is 10.6 Å². The molecule has 32 heavy (non-hydrogen) atoms. The van der Waals surface area contributed by atoms with Crippen molar-refractivity contribution in [1.82, 2.24) is 9.55 Å². The van der Waals surface area contributed by atoms with Crippen molar-refractivity contribution in [3.8, 4) is 28.4 Å². The maximum atomic E-state index is 12.5. The average Bonchev–Trinajstić information content (AvgIpc) is 3.22. The molecule has 4 aromatic rings. The fourth-order valence-electron chi connectivity index (χ4n) is 3.42. The van der Waals surface area contributed by atoms with Crippen LogP contribution in [0.5, 0.6) is 17.2 Å². The van der Waals surface area contributed by atoms with Gasteiger partial charge in [-0.25, -0.2) is 8.42 Å². The van der Waals surface area contributed by atoms with E-state index in [9.17, 15) is 13.2 Å². The van der Waals surface area contributed by atoms with Crippen molar-refractivity contribution >= 4 is 32.3 Å². The van der Waals surface area contributed by atoms with Gasteiger partial charge < -0.3 is 19.0 Å².